The molecule has 1 aromatic heterocycles. The highest BCUT2D eigenvalue weighted by Gasteiger charge is 2.00. The number of nitrogens with zero attached hydrogens (tertiary/aromatic N) is 2. The maximum atomic E-state index is 11.6. The van der Waals surface area contributed by atoms with Crippen molar-refractivity contribution in [2.75, 3.05) is 27.2 Å². The molecular weight excluding hydrogens is 270 g/mol. The standard InChI is InChI=1S/C15H19N3OS/c1-18(2)11-5-10-16-14(19)8-9-15-17-12-6-3-4-7-13(12)20-15/h3-4,6-9H,5,10-11H2,1-2H3,(H,16,19). The monoisotopic (exact) mass is 289 g/mol. The Hall–Kier alpha value is -1.72. The van der Waals surface area contributed by atoms with Crippen molar-refractivity contribution in [2.45, 2.75) is 6.42 Å². The van der Waals surface area contributed by atoms with Crippen molar-refractivity contribution in [3.05, 3.63) is 35.3 Å². The second kappa shape index (κ2) is 7.17. The van der Waals surface area contributed by atoms with Crippen molar-refractivity contribution >= 4 is 33.5 Å². The molecule has 106 valence electrons. The van der Waals surface area contributed by atoms with Gasteiger partial charge in [0, 0.05) is 12.6 Å². The van der Waals surface area contributed by atoms with Gasteiger partial charge >= 0.3 is 0 Å². The summed E-state index contributed by atoms with van der Waals surface area (Å²) in [5, 5.41) is 3.72. The van der Waals surface area contributed by atoms with E-state index >= 15 is 0 Å². The van der Waals surface area contributed by atoms with Crippen molar-refractivity contribution in [3.63, 3.8) is 0 Å². The summed E-state index contributed by atoms with van der Waals surface area (Å²) < 4.78 is 1.14. The molecule has 1 N–H and O–H groups in total. The van der Waals surface area contributed by atoms with Crippen LogP contribution >= 0.6 is 11.3 Å². The highest BCUT2D eigenvalue weighted by molar-refractivity contribution is 7.19. The van der Waals surface area contributed by atoms with Crippen molar-refractivity contribution in [1.82, 2.24) is 15.2 Å². The summed E-state index contributed by atoms with van der Waals surface area (Å²) in [7, 11) is 4.05. The number of fused-ring (bicyclic) bond motifs is 1. The Morgan fingerprint density at radius 1 is 1.40 bits per heavy atom. The Kier molecular flexibility index (Phi) is 5.26. The summed E-state index contributed by atoms with van der Waals surface area (Å²) in [6.07, 6.45) is 4.27. The maximum absolute atomic E-state index is 11.6. The van der Waals surface area contributed by atoms with Crippen LogP contribution in [0.25, 0.3) is 16.3 Å². The molecule has 0 bridgehead atoms. The van der Waals surface area contributed by atoms with E-state index in [0.29, 0.717) is 6.54 Å². The van der Waals surface area contributed by atoms with E-state index in [-0.39, 0.29) is 5.91 Å². The number of hydrogen-bond acceptors (Lipinski definition) is 4. The molecule has 0 radical (unpaired) electrons. The van der Waals surface area contributed by atoms with Gasteiger partial charge in [-0.25, -0.2) is 4.98 Å². The Morgan fingerprint density at radius 2 is 2.20 bits per heavy atom. The van der Waals surface area contributed by atoms with Gasteiger partial charge in [0.25, 0.3) is 0 Å². The SMILES string of the molecule is CN(C)CCCNC(=O)C=Cc1nc2ccccc2s1. The quantitative estimate of drug-likeness (QED) is 0.656. The van der Waals surface area contributed by atoms with Crippen molar-refractivity contribution in [1.29, 1.82) is 0 Å². The van der Waals surface area contributed by atoms with Crippen molar-refractivity contribution in [2.24, 2.45) is 0 Å². The van der Waals surface area contributed by atoms with E-state index in [0.717, 1.165) is 28.2 Å². The normalized spacial score (nSPS) is 11.6. The maximum Gasteiger partial charge on any atom is 0.244 e. The third-order valence-electron chi connectivity index (χ3n) is 2.77. The van der Waals surface area contributed by atoms with Crippen LogP contribution in [0.15, 0.2) is 30.3 Å². The number of rotatable bonds is 6. The van der Waals surface area contributed by atoms with E-state index in [1.807, 2.05) is 38.4 Å². The molecule has 0 fully saturated rings. The molecule has 0 atom stereocenters. The lowest BCUT2D eigenvalue weighted by molar-refractivity contribution is -0.116. The third kappa shape index (κ3) is 4.43. The minimum absolute atomic E-state index is 0.0667. The van der Waals surface area contributed by atoms with Gasteiger partial charge < -0.3 is 10.2 Å². The summed E-state index contributed by atoms with van der Waals surface area (Å²) >= 11 is 1.59. The summed E-state index contributed by atoms with van der Waals surface area (Å²) in [4.78, 5) is 18.2. The fourth-order valence-electron chi connectivity index (χ4n) is 1.77. The predicted octanol–water partition coefficient (Wildman–Crippen LogP) is 2.38. The number of amides is 1. The van der Waals surface area contributed by atoms with Gasteiger partial charge in [0.2, 0.25) is 5.91 Å². The molecule has 1 heterocycles. The van der Waals surface area contributed by atoms with Crippen LogP contribution in [0.3, 0.4) is 0 Å². The van der Waals surface area contributed by atoms with E-state index in [4.69, 9.17) is 0 Å². The van der Waals surface area contributed by atoms with Gasteiger partial charge in [-0.3, -0.25) is 4.79 Å². The number of thiazole rings is 1. The number of nitrogens with one attached hydrogen (secondary N) is 1. The van der Waals surface area contributed by atoms with E-state index in [9.17, 15) is 4.79 Å². The van der Waals surface area contributed by atoms with Crippen LogP contribution in [0.4, 0.5) is 0 Å². The lowest BCUT2D eigenvalue weighted by Gasteiger charge is -2.08. The van der Waals surface area contributed by atoms with Crippen LogP contribution in [0.1, 0.15) is 11.4 Å². The van der Waals surface area contributed by atoms with Crippen LogP contribution in [-0.4, -0.2) is 43.0 Å². The largest absolute Gasteiger partial charge is 0.353 e. The molecule has 1 amide bonds. The molecule has 0 saturated heterocycles. The molecule has 5 heteroatoms. The smallest absolute Gasteiger partial charge is 0.244 e. The van der Waals surface area contributed by atoms with Gasteiger partial charge in [-0.1, -0.05) is 12.1 Å². The number of hydrogen-bond donors (Lipinski definition) is 1. The first kappa shape index (κ1) is 14.7. The topological polar surface area (TPSA) is 45.2 Å². The van der Waals surface area contributed by atoms with Gasteiger partial charge in [0.15, 0.2) is 0 Å². The van der Waals surface area contributed by atoms with E-state index in [1.54, 1.807) is 23.5 Å². The van der Waals surface area contributed by atoms with Crippen molar-refractivity contribution < 1.29 is 4.79 Å². The molecule has 20 heavy (non-hydrogen) atoms. The van der Waals surface area contributed by atoms with Gasteiger partial charge in [-0.15, -0.1) is 11.3 Å². The average molecular weight is 289 g/mol. The van der Waals surface area contributed by atoms with Gasteiger partial charge in [-0.05, 0) is 45.3 Å². The first-order valence-corrected chi connectivity index (χ1v) is 7.43. The summed E-state index contributed by atoms with van der Waals surface area (Å²) in [6, 6.07) is 7.97. The molecule has 2 rings (SSSR count). The minimum Gasteiger partial charge on any atom is -0.353 e. The van der Waals surface area contributed by atoms with Crippen LogP contribution in [0.5, 0.6) is 0 Å². The third-order valence-corrected chi connectivity index (χ3v) is 3.77. The highest BCUT2D eigenvalue weighted by Crippen LogP contribution is 2.22. The van der Waals surface area contributed by atoms with Crippen LogP contribution in [-0.2, 0) is 4.79 Å². The van der Waals surface area contributed by atoms with E-state index < -0.39 is 0 Å². The number of carbonyl (C=O) groups excluding carboxylic acids is 1. The Bertz CT molecular complexity index is 571. The lowest BCUT2D eigenvalue weighted by Crippen LogP contribution is -2.25. The predicted molar refractivity (Wildman–Crippen MR) is 84.8 cm³/mol. The second-order valence-corrected chi connectivity index (χ2v) is 5.86. The highest BCUT2D eigenvalue weighted by atomic mass is 32.1. The molecule has 0 saturated carbocycles. The number of carbonyl (C=O) groups is 1. The zero-order valence-corrected chi connectivity index (χ0v) is 12.6. The van der Waals surface area contributed by atoms with Gasteiger partial charge in [0.1, 0.15) is 5.01 Å². The number of para-hydroxylation sites is 1. The molecular formula is C15H19N3OS. The fraction of sp³-hybridized carbons (Fsp3) is 0.333. The Balaban J connectivity index is 1.84. The van der Waals surface area contributed by atoms with Gasteiger partial charge in [0.05, 0.1) is 10.2 Å². The molecule has 0 spiro atoms. The zero-order chi connectivity index (χ0) is 14.4. The average Bonchev–Trinajstić information content (AvgIpc) is 2.84. The van der Waals surface area contributed by atoms with Crippen LogP contribution in [0.2, 0.25) is 0 Å². The molecule has 0 aliphatic heterocycles. The van der Waals surface area contributed by atoms with E-state index in [1.165, 1.54) is 0 Å². The van der Waals surface area contributed by atoms with E-state index in [2.05, 4.69) is 15.2 Å². The van der Waals surface area contributed by atoms with Crippen LogP contribution in [0, 0.1) is 0 Å². The Labute approximate surface area is 123 Å². The summed E-state index contributed by atoms with van der Waals surface area (Å²) in [5.74, 6) is -0.0667. The molecule has 2 aromatic rings. The molecule has 0 aliphatic carbocycles. The first-order valence-electron chi connectivity index (χ1n) is 6.61. The van der Waals surface area contributed by atoms with Crippen LogP contribution < -0.4 is 5.32 Å². The van der Waals surface area contributed by atoms with Gasteiger partial charge in [-0.2, -0.15) is 0 Å². The minimum atomic E-state index is -0.0667. The molecule has 4 nitrogen and oxygen atoms in total. The molecule has 0 aliphatic rings. The number of aromatic nitrogens is 1. The number of benzene rings is 1. The summed E-state index contributed by atoms with van der Waals surface area (Å²) in [5.41, 5.74) is 0.976. The molecule has 1 aromatic carbocycles. The summed E-state index contributed by atoms with van der Waals surface area (Å²) in [6.45, 7) is 1.67. The van der Waals surface area contributed by atoms with Crippen molar-refractivity contribution in [3.8, 4) is 0 Å². The fourth-order valence-corrected chi connectivity index (χ4v) is 2.64. The first-order chi connectivity index (χ1) is 9.65. The second-order valence-electron chi connectivity index (χ2n) is 4.80. The lowest BCUT2D eigenvalue weighted by atomic mass is 10.3. The zero-order valence-electron chi connectivity index (χ0n) is 11.8. The Morgan fingerprint density at radius 3 is 2.95 bits per heavy atom. The molecule has 0 unspecified atom stereocenters.